The summed E-state index contributed by atoms with van der Waals surface area (Å²) in [7, 11) is 4.35. The zero-order valence-electron chi connectivity index (χ0n) is 16.9. The summed E-state index contributed by atoms with van der Waals surface area (Å²) in [6.07, 6.45) is 0.211. The third-order valence-corrected chi connectivity index (χ3v) is 6.68. The molecule has 0 radical (unpaired) electrons. The van der Waals surface area contributed by atoms with Crippen LogP contribution in [-0.4, -0.2) is 36.4 Å². The number of fused-ring (bicyclic) bond motifs is 1. The van der Waals surface area contributed by atoms with E-state index < -0.39 is 11.8 Å². The number of carbonyl (C=O) groups is 3. The Morgan fingerprint density at radius 3 is 2.73 bits per heavy atom. The largest absolute Gasteiger partial charge is 0.381 e. The van der Waals surface area contributed by atoms with Crippen LogP contribution in [0.25, 0.3) is 0 Å². The van der Waals surface area contributed by atoms with Crippen LogP contribution in [0.5, 0.6) is 0 Å². The van der Waals surface area contributed by atoms with E-state index in [1.54, 1.807) is 20.8 Å². The van der Waals surface area contributed by atoms with Crippen molar-refractivity contribution in [1.29, 1.82) is 0 Å². The van der Waals surface area contributed by atoms with Gasteiger partial charge in [0.2, 0.25) is 11.8 Å². The Morgan fingerprint density at radius 2 is 2.03 bits per heavy atom. The summed E-state index contributed by atoms with van der Waals surface area (Å²) in [5.41, 5.74) is 3.34. The van der Waals surface area contributed by atoms with Crippen molar-refractivity contribution in [3.63, 3.8) is 0 Å². The van der Waals surface area contributed by atoms with Crippen LogP contribution in [0.1, 0.15) is 34.8 Å². The lowest BCUT2D eigenvalue weighted by atomic mass is 9.93. The van der Waals surface area contributed by atoms with Gasteiger partial charge < -0.3 is 10.2 Å². The molecule has 0 fully saturated rings. The highest BCUT2D eigenvalue weighted by atomic mass is 32.2. The molecule has 0 aromatic heterocycles. The first kappa shape index (κ1) is 22.3. The molecule has 1 aliphatic heterocycles. The fraction of sp³-hybridized carbons (Fsp3) is 0.250. The Hall–Kier alpha value is -2.35. The van der Waals surface area contributed by atoms with Gasteiger partial charge in [-0.2, -0.15) is 0 Å². The van der Waals surface area contributed by atoms with Crippen LogP contribution in [0.2, 0.25) is 0 Å². The van der Waals surface area contributed by atoms with Crippen LogP contribution < -0.4 is 21.1 Å². The fourth-order valence-corrected chi connectivity index (χ4v) is 4.26. The van der Waals surface area contributed by atoms with Crippen molar-refractivity contribution in [3.05, 3.63) is 53.1 Å². The maximum Gasteiger partial charge on any atom is 0.254 e. The zero-order chi connectivity index (χ0) is 21.8. The van der Waals surface area contributed by atoms with Crippen LogP contribution >= 0.6 is 21.2 Å². The quantitative estimate of drug-likeness (QED) is 0.332. The first-order valence-electron chi connectivity index (χ1n) is 9.61. The van der Waals surface area contributed by atoms with Gasteiger partial charge in [0.25, 0.3) is 5.91 Å². The number of carbonyl (C=O) groups excluding carboxylic acids is 3. The molecule has 0 aliphatic carbocycles. The van der Waals surface area contributed by atoms with Gasteiger partial charge in [0, 0.05) is 41.2 Å². The minimum Gasteiger partial charge on any atom is -0.381 e. The molecular weight excluding hydrogens is 418 g/mol. The van der Waals surface area contributed by atoms with Crippen molar-refractivity contribution in [1.82, 2.24) is 10.2 Å². The lowest BCUT2D eigenvalue weighted by Crippen LogP contribution is -2.49. The van der Waals surface area contributed by atoms with E-state index >= 15 is 0 Å². The van der Waals surface area contributed by atoms with Crippen molar-refractivity contribution in [2.45, 2.75) is 37.3 Å². The highest BCUT2D eigenvalue weighted by molar-refractivity contribution is 7.97. The van der Waals surface area contributed by atoms with Gasteiger partial charge in [0.1, 0.15) is 7.85 Å². The first-order chi connectivity index (χ1) is 14.4. The molecule has 0 saturated heterocycles. The Balaban J connectivity index is 1.77. The standard InChI is InChI=1S/C20H24BN4O3PS/c1-2-16(26)24-19(27)18(21)25-10-13-12(20(25)28)6-4-7-14(13)23-9-11-5-3-8-15(30-22)17(11)29/h3-8,18,23H,2,9-10,21-22,29H2,1H3,(H,24,26,27). The molecule has 7 nitrogen and oxygen atoms in total. The molecular formula is C20H24BN4O3PS. The van der Waals surface area contributed by atoms with Crippen LogP contribution in [0.4, 0.5) is 5.69 Å². The van der Waals surface area contributed by atoms with Crippen LogP contribution in [0.15, 0.2) is 41.3 Å². The molecule has 4 N–H and O–H groups in total. The minimum absolute atomic E-state index is 0.211. The molecule has 3 rings (SSSR count). The number of benzene rings is 2. The van der Waals surface area contributed by atoms with Gasteiger partial charge in [0.15, 0.2) is 0 Å². The van der Waals surface area contributed by atoms with E-state index in [1.807, 2.05) is 30.3 Å². The van der Waals surface area contributed by atoms with Gasteiger partial charge in [-0.3, -0.25) is 24.8 Å². The first-order valence-corrected chi connectivity index (χ1v) is 11.1. The average Bonchev–Trinajstić information content (AvgIpc) is 3.09. The third-order valence-electron chi connectivity index (χ3n) is 5.18. The molecule has 1 heterocycles. The number of rotatable bonds is 7. The number of hydrogen-bond acceptors (Lipinski definition) is 6. The summed E-state index contributed by atoms with van der Waals surface area (Å²) in [6.45, 7) is 2.54. The summed E-state index contributed by atoms with van der Waals surface area (Å²) >= 11 is 1.20. The Kier molecular flexibility index (Phi) is 7.18. The second-order valence-corrected chi connectivity index (χ2v) is 8.26. The van der Waals surface area contributed by atoms with Crippen molar-refractivity contribution < 1.29 is 14.4 Å². The highest BCUT2D eigenvalue weighted by Crippen LogP contribution is 2.30. The summed E-state index contributed by atoms with van der Waals surface area (Å²) in [4.78, 5) is 39.2. The average molecular weight is 442 g/mol. The lowest BCUT2D eigenvalue weighted by molar-refractivity contribution is -0.131. The number of nitrogens with one attached hydrogen (secondary N) is 2. The minimum atomic E-state index is -0.745. The number of hydrogen-bond donors (Lipinski definition) is 3. The van der Waals surface area contributed by atoms with Crippen molar-refractivity contribution >= 4 is 57.7 Å². The molecule has 0 bridgehead atoms. The van der Waals surface area contributed by atoms with E-state index in [0.717, 1.165) is 27.0 Å². The molecule has 2 aromatic carbocycles. The molecule has 0 saturated carbocycles. The van der Waals surface area contributed by atoms with E-state index in [-0.39, 0.29) is 18.2 Å². The number of anilines is 1. The SMILES string of the molecule is BC(C(=O)NC(=O)CC)N1Cc2c(NCc3cccc(SN)c3P)cccc2C1=O. The molecule has 2 atom stereocenters. The van der Waals surface area contributed by atoms with Gasteiger partial charge in [-0.05, 0) is 41.0 Å². The second kappa shape index (κ2) is 9.64. The number of nitrogens with two attached hydrogens (primary N) is 1. The van der Waals surface area contributed by atoms with Gasteiger partial charge in [-0.25, -0.2) is 0 Å². The number of nitrogens with zero attached hydrogens (tertiary/aromatic N) is 1. The Morgan fingerprint density at radius 1 is 1.30 bits per heavy atom. The lowest BCUT2D eigenvalue weighted by Gasteiger charge is -2.23. The zero-order valence-corrected chi connectivity index (χ0v) is 18.9. The number of amides is 3. The molecule has 3 amide bonds. The molecule has 2 unspecified atom stereocenters. The van der Waals surface area contributed by atoms with E-state index in [1.165, 1.54) is 16.8 Å². The van der Waals surface area contributed by atoms with E-state index in [2.05, 4.69) is 19.9 Å². The molecule has 156 valence electrons. The molecule has 0 spiro atoms. The van der Waals surface area contributed by atoms with E-state index in [0.29, 0.717) is 18.7 Å². The molecule has 30 heavy (non-hydrogen) atoms. The number of imide groups is 1. The maximum absolute atomic E-state index is 12.9. The molecule has 2 aromatic rings. The fourth-order valence-electron chi connectivity index (χ4n) is 3.34. The second-order valence-electron chi connectivity index (χ2n) is 7.01. The van der Waals surface area contributed by atoms with Gasteiger partial charge in [-0.15, -0.1) is 9.24 Å². The summed E-state index contributed by atoms with van der Waals surface area (Å²) < 4.78 is 0. The Labute approximate surface area is 183 Å². The third kappa shape index (κ3) is 4.53. The summed E-state index contributed by atoms with van der Waals surface area (Å²) in [5, 5.41) is 12.5. The van der Waals surface area contributed by atoms with Crippen LogP contribution in [-0.2, 0) is 22.7 Å². The van der Waals surface area contributed by atoms with Crippen molar-refractivity contribution in [2.24, 2.45) is 5.14 Å². The van der Waals surface area contributed by atoms with E-state index in [9.17, 15) is 14.4 Å². The predicted molar refractivity (Wildman–Crippen MR) is 125 cm³/mol. The molecule has 10 heteroatoms. The van der Waals surface area contributed by atoms with Gasteiger partial charge in [0.05, 0.1) is 5.94 Å². The predicted octanol–water partition coefficient (Wildman–Crippen LogP) is 0.733. The maximum atomic E-state index is 12.9. The smallest absolute Gasteiger partial charge is 0.254 e. The van der Waals surface area contributed by atoms with Crippen LogP contribution in [0.3, 0.4) is 0 Å². The van der Waals surface area contributed by atoms with Crippen molar-refractivity contribution in [3.8, 4) is 0 Å². The van der Waals surface area contributed by atoms with Gasteiger partial charge >= 0.3 is 0 Å². The normalized spacial score (nSPS) is 13.7. The Bertz CT molecular complexity index is 1000. The van der Waals surface area contributed by atoms with Crippen LogP contribution in [0, 0.1) is 0 Å². The monoisotopic (exact) mass is 442 g/mol. The highest BCUT2D eigenvalue weighted by Gasteiger charge is 2.35. The summed E-state index contributed by atoms with van der Waals surface area (Å²) in [5.74, 6) is -1.79. The van der Waals surface area contributed by atoms with E-state index in [4.69, 9.17) is 5.14 Å². The topological polar surface area (TPSA) is 105 Å². The van der Waals surface area contributed by atoms with Gasteiger partial charge in [-0.1, -0.05) is 25.1 Å². The molecule has 1 aliphatic rings. The van der Waals surface area contributed by atoms with Crippen molar-refractivity contribution in [2.75, 3.05) is 5.32 Å². The summed E-state index contributed by atoms with van der Waals surface area (Å²) in [6, 6.07) is 11.4.